The predicted octanol–water partition coefficient (Wildman–Crippen LogP) is 5.17. The molecule has 4 atom stereocenters. The maximum atomic E-state index is 12.4. The first-order valence-corrected chi connectivity index (χ1v) is 11.7. The number of carbonyl (C=O) groups is 1. The number of amides is 1. The van der Waals surface area contributed by atoms with E-state index in [-0.39, 0.29) is 26.1 Å². The van der Waals surface area contributed by atoms with Gasteiger partial charge in [0.15, 0.2) is 0 Å². The quantitative estimate of drug-likeness (QED) is 0.777. The molecule has 1 heterocycles. The van der Waals surface area contributed by atoms with Gasteiger partial charge < -0.3 is 10.2 Å². The van der Waals surface area contributed by atoms with Crippen LogP contribution in [0.15, 0.2) is 24.3 Å². The van der Waals surface area contributed by atoms with Gasteiger partial charge in [0.1, 0.15) is 0 Å². The molecule has 3 nitrogen and oxygen atoms in total. The Hall–Kier alpha value is -1.35. The fourth-order valence-corrected chi connectivity index (χ4v) is 6.93. The summed E-state index contributed by atoms with van der Waals surface area (Å²) < 4.78 is 0. The lowest BCUT2D eigenvalue weighted by Crippen LogP contribution is -2.44. The van der Waals surface area contributed by atoms with Crippen LogP contribution in [-0.4, -0.2) is 30.4 Å². The van der Waals surface area contributed by atoms with Gasteiger partial charge in [0.2, 0.25) is 5.91 Å². The van der Waals surface area contributed by atoms with Crippen LogP contribution in [-0.2, 0) is 10.2 Å². The van der Waals surface area contributed by atoms with Gasteiger partial charge in [-0.05, 0) is 80.5 Å². The summed E-state index contributed by atoms with van der Waals surface area (Å²) in [4.78, 5) is 15.1. The zero-order valence-corrected chi connectivity index (χ0v) is 17.6. The average molecular weight is 385 g/mol. The van der Waals surface area contributed by atoms with E-state index in [9.17, 15) is 4.79 Å². The van der Waals surface area contributed by atoms with E-state index >= 15 is 0 Å². The minimum absolute atomic E-state index is 0. The molecule has 0 radical (unpaired) electrons. The normalized spacial score (nSPS) is 33.5. The van der Waals surface area contributed by atoms with Crippen molar-refractivity contribution >= 4 is 5.91 Å². The number of carbonyl (C=O) groups excluding carboxylic acids is 1. The van der Waals surface area contributed by atoms with Crippen molar-refractivity contribution in [3.8, 4) is 0 Å². The fraction of sp³-hybridized carbons (Fsp3) is 0.720. The SMILES string of the molecule is CC(C)C(=O)N[C@H]1CC2(CCN(C[C@H]3C[C@H]4CCC3C4)CC2)c2ccccc21.[HH].[HH]. The van der Waals surface area contributed by atoms with E-state index in [4.69, 9.17) is 0 Å². The molecule has 3 heteroatoms. The standard InChI is InChI=1S/C25H36N2O.2H2/c1-17(2)24(28)26-23-15-25(22-6-4-3-5-21(22)23)9-11-27(12-10-25)16-20-14-18-7-8-19(20)13-18;;/h3-6,17-20,23H,7-16H2,1-2H3,(H,26,28);2*1H/t18-,19?,20+,23-;;/m0../s1. The van der Waals surface area contributed by atoms with E-state index in [1.165, 1.54) is 69.3 Å². The van der Waals surface area contributed by atoms with E-state index in [1.54, 1.807) is 0 Å². The molecule has 1 amide bonds. The second-order valence-corrected chi connectivity index (χ2v) is 10.5. The third-order valence-corrected chi connectivity index (χ3v) is 8.53. The molecule has 1 N–H and O–H groups in total. The van der Waals surface area contributed by atoms with E-state index in [0.717, 1.165) is 24.2 Å². The molecule has 4 aliphatic rings. The summed E-state index contributed by atoms with van der Waals surface area (Å²) in [5.74, 6) is 3.29. The maximum absolute atomic E-state index is 12.4. The molecule has 1 spiro atoms. The Labute approximate surface area is 173 Å². The number of hydrogen-bond acceptors (Lipinski definition) is 2. The number of piperidine rings is 1. The van der Waals surface area contributed by atoms with Crippen LogP contribution in [0.1, 0.15) is 78.8 Å². The highest BCUT2D eigenvalue weighted by Gasteiger charge is 2.47. The van der Waals surface area contributed by atoms with Gasteiger partial charge in [-0.3, -0.25) is 4.79 Å². The molecule has 1 aromatic rings. The van der Waals surface area contributed by atoms with Gasteiger partial charge in [0.25, 0.3) is 0 Å². The van der Waals surface area contributed by atoms with Gasteiger partial charge >= 0.3 is 0 Å². The van der Waals surface area contributed by atoms with Crippen LogP contribution in [0.25, 0.3) is 0 Å². The smallest absolute Gasteiger partial charge is 0.223 e. The van der Waals surface area contributed by atoms with Crippen LogP contribution in [0.4, 0.5) is 0 Å². The Morgan fingerprint density at radius 2 is 2.00 bits per heavy atom. The Balaban J connectivity index is 0.00000128. The van der Waals surface area contributed by atoms with Crippen LogP contribution in [0.3, 0.4) is 0 Å². The van der Waals surface area contributed by atoms with Crippen molar-refractivity contribution in [1.82, 2.24) is 10.2 Å². The average Bonchev–Trinajstić information content (AvgIpc) is 3.39. The van der Waals surface area contributed by atoms with Crippen LogP contribution < -0.4 is 5.32 Å². The lowest BCUT2D eigenvalue weighted by atomic mass is 9.73. The first kappa shape index (κ1) is 18.7. The number of rotatable bonds is 4. The van der Waals surface area contributed by atoms with Crippen LogP contribution in [0.2, 0.25) is 0 Å². The van der Waals surface area contributed by atoms with Crippen LogP contribution in [0, 0.1) is 23.7 Å². The number of benzene rings is 1. The summed E-state index contributed by atoms with van der Waals surface area (Å²) in [5, 5.41) is 3.34. The van der Waals surface area contributed by atoms with Gasteiger partial charge in [-0.15, -0.1) is 0 Å². The van der Waals surface area contributed by atoms with Crippen molar-refractivity contribution in [2.75, 3.05) is 19.6 Å². The summed E-state index contributed by atoms with van der Waals surface area (Å²) in [7, 11) is 0. The number of nitrogens with zero attached hydrogens (tertiary/aromatic N) is 1. The molecule has 2 saturated carbocycles. The van der Waals surface area contributed by atoms with Crippen molar-refractivity contribution in [3.63, 3.8) is 0 Å². The van der Waals surface area contributed by atoms with Crippen LogP contribution in [0.5, 0.6) is 0 Å². The Bertz CT molecular complexity index is 744. The van der Waals surface area contributed by atoms with Gasteiger partial charge in [0.05, 0.1) is 6.04 Å². The molecule has 1 aromatic carbocycles. The Morgan fingerprint density at radius 1 is 1.21 bits per heavy atom. The zero-order valence-electron chi connectivity index (χ0n) is 17.6. The lowest BCUT2D eigenvalue weighted by Gasteiger charge is -2.42. The van der Waals surface area contributed by atoms with Gasteiger partial charge in [0, 0.05) is 20.7 Å². The number of nitrogens with one attached hydrogen (secondary N) is 1. The van der Waals surface area contributed by atoms with Crippen molar-refractivity contribution in [3.05, 3.63) is 35.4 Å². The molecule has 2 bridgehead atoms. The second kappa shape index (κ2) is 7.16. The summed E-state index contributed by atoms with van der Waals surface area (Å²) >= 11 is 0. The first-order valence-electron chi connectivity index (χ1n) is 11.7. The molecule has 28 heavy (non-hydrogen) atoms. The van der Waals surface area contributed by atoms with E-state index in [2.05, 4.69) is 34.5 Å². The summed E-state index contributed by atoms with van der Waals surface area (Å²) in [6.45, 7) is 7.77. The number of hydrogen-bond donors (Lipinski definition) is 1. The molecule has 3 fully saturated rings. The van der Waals surface area contributed by atoms with Gasteiger partial charge in [-0.2, -0.15) is 0 Å². The molecule has 5 rings (SSSR count). The van der Waals surface area contributed by atoms with E-state index < -0.39 is 0 Å². The third kappa shape index (κ3) is 3.20. The number of likely N-dealkylation sites (tertiary alicyclic amines) is 1. The lowest BCUT2D eigenvalue weighted by molar-refractivity contribution is -0.124. The Morgan fingerprint density at radius 3 is 2.68 bits per heavy atom. The highest BCUT2D eigenvalue weighted by Crippen LogP contribution is 2.52. The monoisotopic (exact) mass is 384 g/mol. The van der Waals surface area contributed by atoms with Crippen molar-refractivity contribution in [1.29, 1.82) is 0 Å². The summed E-state index contributed by atoms with van der Waals surface area (Å²) in [6, 6.07) is 9.11. The summed E-state index contributed by atoms with van der Waals surface area (Å²) in [5.41, 5.74) is 3.16. The molecule has 156 valence electrons. The molecule has 3 aliphatic carbocycles. The molecule has 1 aliphatic heterocycles. The van der Waals surface area contributed by atoms with Crippen molar-refractivity contribution in [2.45, 2.75) is 70.3 Å². The first-order chi connectivity index (χ1) is 13.5. The largest absolute Gasteiger partial charge is 0.349 e. The number of fused-ring (bicyclic) bond motifs is 4. The van der Waals surface area contributed by atoms with E-state index in [1.807, 2.05) is 13.8 Å². The van der Waals surface area contributed by atoms with Crippen LogP contribution >= 0.6 is 0 Å². The zero-order chi connectivity index (χ0) is 19.3. The third-order valence-electron chi connectivity index (χ3n) is 8.53. The minimum Gasteiger partial charge on any atom is -0.349 e. The minimum atomic E-state index is 0. The molecule has 1 unspecified atom stereocenters. The Kier molecular flexibility index (Phi) is 4.77. The second-order valence-electron chi connectivity index (χ2n) is 10.5. The summed E-state index contributed by atoms with van der Waals surface area (Å²) in [6.07, 6.45) is 9.61. The highest BCUT2D eigenvalue weighted by atomic mass is 16.1. The topological polar surface area (TPSA) is 32.3 Å². The van der Waals surface area contributed by atoms with Crippen molar-refractivity contribution < 1.29 is 7.65 Å². The van der Waals surface area contributed by atoms with E-state index in [0.29, 0.717) is 0 Å². The predicted molar refractivity (Wildman–Crippen MR) is 117 cm³/mol. The molecule has 1 saturated heterocycles. The maximum Gasteiger partial charge on any atom is 0.223 e. The molecular weight excluding hydrogens is 344 g/mol. The molecule has 0 aromatic heterocycles. The van der Waals surface area contributed by atoms with Gasteiger partial charge in [-0.1, -0.05) is 44.5 Å². The van der Waals surface area contributed by atoms with Gasteiger partial charge in [-0.25, -0.2) is 0 Å². The molecular formula is C25H40N2O. The highest BCUT2D eigenvalue weighted by molar-refractivity contribution is 5.78. The fourth-order valence-electron chi connectivity index (χ4n) is 6.93. The van der Waals surface area contributed by atoms with Crippen molar-refractivity contribution in [2.24, 2.45) is 23.7 Å².